The summed E-state index contributed by atoms with van der Waals surface area (Å²) in [7, 11) is 0. The molecule has 0 spiro atoms. The molecule has 4 heteroatoms. The molecule has 1 aliphatic rings. The first kappa shape index (κ1) is 14.9. The van der Waals surface area contributed by atoms with E-state index in [4.69, 9.17) is 10.00 Å². The molecule has 23 heavy (non-hydrogen) atoms. The fourth-order valence-corrected chi connectivity index (χ4v) is 2.76. The van der Waals surface area contributed by atoms with Gasteiger partial charge in [-0.05, 0) is 42.7 Å². The van der Waals surface area contributed by atoms with Gasteiger partial charge in [-0.2, -0.15) is 5.26 Å². The third-order valence-electron chi connectivity index (χ3n) is 3.86. The van der Waals surface area contributed by atoms with Crippen LogP contribution in [0.2, 0.25) is 0 Å². The lowest BCUT2D eigenvalue weighted by Gasteiger charge is -2.33. The number of fused-ring (bicyclic) bond motifs is 1. The molecule has 3 rings (SSSR count). The molecule has 1 aliphatic heterocycles. The fraction of sp³-hybridized carbons (Fsp3) is 0.158. The van der Waals surface area contributed by atoms with Crippen molar-refractivity contribution >= 4 is 17.4 Å². The van der Waals surface area contributed by atoms with Crippen molar-refractivity contribution in [3.05, 3.63) is 71.3 Å². The molecular formula is C19H16N2O2. The van der Waals surface area contributed by atoms with Gasteiger partial charge in [0.25, 0.3) is 0 Å². The maximum absolute atomic E-state index is 11.6. The Morgan fingerprint density at radius 1 is 1.17 bits per heavy atom. The van der Waals surface area contributed by atoms with Crippen LogP contribution in [0.1, 0.15) is 30.5 Å². The highest BCUT2D eigenvalue weighted by Gasteiger charge is 2.33. The number of amides is 1. The Morgan fingerprint density at radius 3 is 2.61 bits per heavy atom. The molecule has 0 atom stereocenters. The summed E-state index contributed by atoms with van der Waals surface area (Å²) >= 11 is 0. The first-order valence-electron chi connectivity index (χ1n) is 7.31. The summed E-state index contributed by atoms with van der Waals surface area (Å²) in [6.07, 6.45) is 1.08. The number of ether oxygens (including phenoxy) is 1. The zero-order valence-corrected chi connectivity index (χ0v) is 13.0. The van der Waals surface area contributed by atoms with E-state index in [1.165, 1.54) is 6.08 Å². The maximum Gasteiger partial charge on any atom is 0.412 e. The first-order chi connectivity index (χ1) is 11.0. The molecule has 0 aliphatic carbocycles. The molecule has 4 nitrogen and oxygen atoms in total. The van der Waals surface area contributed by atoms with Gasteiger partial charge in [-0.1, -0.05) is 36.4 Å². The van der Waals surface area contributed by atoms with Crippen molar-refractivity contribution in [2.24, 2.45) is 0 Å². The zero-order chi connectivity index (χ0) is 16.4. The van der Waals surface area contributed by atoms with Gasteiger partial charge < -0.3 is 4.74 Å². The molecule has 2 aromatic carbocycles. The Morgan fingerprint density at radius 2 is 1.91 bits per heavy atom. The number of carbonyl (C=O) groups excluding carboxylic acids is 1. The smallest absolute Gasteiger partial charge is 0.412 e. The first-order valence-corrected chi connectivity index (χ1v) is 7.31. The summed E-state index contributed by atoms with van der Waals surface area (Å²) < 4.78 is 5.37. The SMILES string of the molecule is CC1(C)OC(=O)Nc2ccc(/C(=C\C#N)c3ccccc3)cc21. The van der Waals surface area contributed by atoms with Crippen LogP contribution in [0, 0.1) is 11.3 Å². The van der Waals surface area contributed by atoms with Crippen LogP contribution < -0.4 is 5.32 Å². The van der Waals surface area contributed by atoms with E-state index in [0.29, 0.717) is 0 Å². The molecule has 0 unspecified atom stereocenters. The van der Waals surface area contributed by atoms with Crippen molar-refractivity contribution in [1.29, 1.82) is 5.26 Å². The minimum Gasteiger partial charge on any atom is -0.438 e. The Labute approximate surface area is 135 Å². The van der Waals surface area contributed by atoms with Gasteiger partial charge in [0, 0.05) is 11.6 Å². The average Bonchev–Trinajstić information content (AvgIpc) is 2.52. The summed E-state index contributed by atoms with van der Waals surface area (Å²) in [5.74, 6) is 0. The van der Waals surface area contributed by atoms with Gasteiger partial charge in [0.05, 0.1) is 11.8 Å². The second-order valence-corrected chi connectivity index (χ2v) is 5.84. The van der Waals surface area contributed by atoms with Crippen molar-refractivity contribution in [3.8, 4) is 6.07 Å². The summed E-state index contributed by atoms with van der Waals surface area (Å²) in [5, 5.41) is 11.8. The van der Waals surface area contributed by atoms with Crippen LogP contribution in [0.4, 0.5) is 10.5 Å². The van der Waals surface area contributed by atoms with Crippen LogP contribution in [0.3, 0.4) is 0 Å². The minimum atomic E-state index is -0.720. The Kier molecular flexibility index (Phi) is 3.63. The number of allylic oxidation sites excluding steroid dienone is 1. The summed E-state index contributed by atoms with van der Waals surface area (Å²) in [6, 6.07) is 17.6. The van der Waals surface area contributed by atoms with Crippen molar-refractivity contribution in [2.75, 3.05) is 5.32 Å². The highest BCUT2D eigenvalue weighted by molar-refractivity contribution is 5.90. The lowest BCUT2D eigenvalue weighted by Crippen LogP contribution is -2.34. The van der Waals surface area contributed by atoms with Crippen LogP contribution in [0.25, 0.3) is 5.57 Å². The molecule has 114 valence electrons. The summed E-state index contributed by atoms with van der Waals surface area (Å²) in [5.41, 5.74) is 3.61. The van der Waals surface area contributed by atoms with Crippen LogP contribution in [0.5, 0.6) is 0 Å². The highest BCUT2D eigenvalue weighted by Crippen LogP contribution is 2.38. The molecule has 0 radical (unpaired) electrons. The lowest BCUT2D eigenvalue weighted by molar-refractivity contribution is 0.0420. The molecule has 1 heterocycles. The van der Waals surface area contributed by atoms with Crippen LogP contribution in [-0.4, -0.2) is 6.09 Å². The third-order valence-corrected chi connectivity index (χ3v) is 3.86. The third kappa shape index (κ3) is 2.82. The largest absolute Gasteiger partial charge is 0.438 e. The van der Waals surface area contributed by atoms with Gasteiger partial charge in [-0.15, -0.1) is 0 Å². The number of nitrogens with zero attached hydrogens (tertiary/aromatic N) is 1. The van der Waals surface area contributed by atoms with Crippen molar-refractivity contribution in [1.82, 2.24) is 0 Å². The minimum absolute atomic E-state index is 0.453. The number of anilines is 1. The number of hydrogen-bond donors (Lipinski definition) is 1. The predicted octanol–water partition coefficient (Wildman–Crippen LogP) is 4.44. The van der Waals surface area contributed by atoms with Crippen molar-refractivity contribution in [2.45, 2.75) is 19.4 Å². The number of nitriles is 1. The number of cyclic esters (lactones) is 1. The van der Waals surface area contributed by atoms with E-state index in [9.17, 15) is 4.79 Å². The molecule has 0 aromatic heterocycles. The molecule has 0 bridgehead atoms. The second-order valence-electron chi connectivity index (χ2n) is 5.84. The van der Waals surface area contributed by atoms with Crippen LogP contribution in [-0.2, 0) is 10.3 Å². The fourth-order valence-electron chi connectivity index (χ4n) is 2.76. The van der Waals surface area contributed by atoms with E-state index in [-0.39, 0.29) is 0 Å². The second kappa shape index (κ2) is 5.62. The van der Waals surface area contributed by atoms with Gasteiger partial charge in [0.1, 0.15) is 5.60 Å². The van der Waals surface area contributed by atoms with E-state index in [1.54, 1.807) is 0 Å². The standard InChI is InChI=1S/C19H16N2O2/c1-19(2)16-12-14(8-9-17(16)21-18(22)23-19)15(10-11-20)13-6-4-3-5-7-13/h3-10,12H,1-2H3,(H,21,22)/b15-10-. The van der Waals surface area contributed by atoms with E-state index in [2.05, 4.69) is 11.4 Å². The predicted molar refractivity (Wildman–Crippen MR) is 88.7 cm³/mol. The van der Waals surface area contributed by atoms with Gasteiger partial charge in [0.2, 0.25) is 0 Å². The number of benzene rings is 2. The molecular weight excluding hydrogens is 288 g/mol. The molecule has 0 fully saturated rings. The van der Waals surface area contributed by atoms with Gasteiger partial charge in [-0.3, -0.25) is 5.32 Å². The molecule has 0 saturated heterocycles. The quantitative estimate of drug-likeness (QED) is 0.834. The van der Waals surface area contributed by atoms with E-state index in [0.717, 1.165) is 28.0 Å². The van der Waals surface area contributed by atoms with E-state index < -0.39 is 11.7 Å². The van der Waals surface area contributed by atoms with E-state index in [1.807, 2.05) is 62.4 Å². The Balaban J connectivity index is 2.13. The number of carbonyl (C=O) groups is 1. The zero-order valence-electron chi connectivity index (χ0n) is 13.0. The molecule has 1 amide bonds. The molecule has 2 aromatic rings. The van der Waals surface area contributed by atoms with Gasteiger partial charge in [-0.25, -0.2) is 4.79 Å². The molecule has 1 N–H and O–H groups in total. The maximum atomic E-state index is 11.6. The summed E-state index contributed by atoms with van der Waals surface area (Å²) in [4.78, 5) is 11.6. The number of rotatable bonds is 2. The highest BCUT2D eigenvalue weighted by atomic mass is 16.6. The topological polar surface area (TPSA) is 62.1 Å². The lowest BCUT2D eigenvalue weighted by atomic mass is 9.89. The monoisotopic (exact) mass is 304 g/mol. The van der Waals surface area contributed by atoms with Gasteiger partial charge in [0.15, 0.2) is 0 Å². The average molecular weight is 304 g/mol. The van der Waals surface area contributed by atoms with E-state index >= 15 is 0 Å². The normalized spacial score (nSPS) is 15.9. The number of nitrogens with one attached hydrogen (secondary N) is 1. The van der Waals surface area contributed by atoms with Crippen molar-refractivity contribution < 1.29 is 9.53 Å². The van der Waals surface area contributed by atoms with Crippen LogP contribution in [0.15, 0.2) is 54.6 Å². The summed E-state index contributed by atoms with van der Waals surface area (Å²) in [6.45, 7) is 3.70. The van der Waals surface area contributed by atoms with Crippen LogP contribution >= 0.6 is 0 Å². The van der Waals surface area contributed by atoms with Gasteiger partial charge >= 0.3 is 6.09 Å². The molecule has 0 saturated carbocycles. The Hall–Kier alpha value is -3.06. The number of hydrogen-bond acceptors (Lipinski definition) is 3. The Bertz CT molecular complexity index is 830. The van der Waals surface area contributed by atoms with Crippen molar-refractivity contribution in [3.63, 3.8) is 0 Å².